The van der Waals surface area contributed by atoms with Crippen LogP contribution in [0.3, 0.4) is 0 Å². The van der Waals surface area contributed by atoms with E-state index < -0.39 is 6.10 Å². The molecule has 5 heteroatoms. The first kappa shape index (κ1) is 18.1. The fraction of sp³-hybridized carbons (Fsp3) is 0.381. The summed E-state index contributed by atoms with van der Waals surface area (Å²) in [6.07, 6.45) is -0.587. The second-order valence-corrected chi connectivity index (χ2v) is 6.72. The maximum absolute atomic E-state index is 12.5. The zero-order valence-electron chi connectivity index (χ0n) is 15.7. The van der Waals surface area contributed by atoms with Crippen LogP contribution in [0.2, 0.25) is 0 Å². The van der Waals surface area contributed by atoms with Crippen LogP contribution >= 0.6 is 0 Å². The van der Waals surface area contributed by atoms with Crippen molar-refractivity contribution >= 4 is 5.91 Å². The van der Waals surface area contributed by atoms with Crippen molar-refractivity contribution < 1.29 is 19.0 Å². The number of ether oxygens (including phenoxy) is 3. The summed E-state index contributed by atoms with van der Waals surface area (Å²) in [5.74, 6) is 2.00. The van der Waals surface area contributed by atoms with Crippen molar-refractivity contribution in [1.29, 1.82) is 0 Å². The maximum Gasteiger partial charge on any atom is 0.261 e. The van der Waals surface area contributed by atoms with E-state index in [-0.39, 0.29) is 11.9 Å². The third kappa shape index (κ3) is 4.28. The third-order valence-corrected chi connectivity index (χ3v) is 4.30. The zero-order chi connectivity index (χ0) is 18.7. The lowest BCUT2D eigenvalue weighted by Crippen LogP contribution is -2.37. The molecule has 1 heterocycles. The second-order valence-electron chi connectivity index (χ2n) is 6.72. The van der Waals surface area contributed by atoms with Crippen LogP contribution < -0.4 is 19.5 Å². The fourth-order valence-electron chi connectivity index (χ4n) is 3.00. The van der Waals surface area contributed by atoms with E-state index in [0.29, 0.717) is 19.0 Å². The highest BCUT2D eigenvalue weighted by atomic mass is 16.6. The molecule has 0 saturated carbocycles. The Balaban J connectivity index is 1.63. The van der Waals surface area contributed by atoms with Crippen molar-refractivity contribution in [3.8, 4) is 17.2 Å². The number of hydrogen-bond donors (Lipinski definition) is 1. The number of benzene rings is 2. The summed E-state index contributed by atoms with van der Waals surface area (Å²) in [6, 6.07) is 11.5. The minimum Gasteiger partial charge on any atom is -0.486 e. The summed E-state index contributed by atoms with van der Waals surface area (Å²) in [4.78, 5) is 12.5. The minimum atomic E-state index is -0.587. The molecule has 2 atom stereocenters. The van der Waals surface area contributed by atoms with Gasteiger partial charge in [0.25, 0.3) is 5.91 Å². The molecule has 1 N–H and O–H groups in total. The molecule has 0 aliphatic carbocycles. The summed E-state index contributed by atoms with van der Waals surface area (Å²) in [5, 5.41) is 2.99. The van der Waals surface area contributed by atoms with E-state index in [1.807, 2.05) is 51.1 Å². The standard InChI is InChI=1S/C21H25NO4/c1-13-9-14(2)11-18(10-13)26-16(4)21(23)22-15(3)17-5-6-19-20(12-17)25-8-7-24-19/h5-6,9-12,15-16H,7-8H2,1-4H3,(H,22,23). The zero-order valence-corrected chi connectivity index (χ0v) is 15.7. The van der Waals surface area contributed by atoms with Gasteiger partial charge >= 0.3 is 0 Å². The Morgan fingerprint density at radius 1 is 1.00 bits per heavy atom. The Hall–Kier alpha value is -2.69. The van der Waals surface area contributed by atoms with Crippen molar-refractivity contribution in [2.75, 3.05) is 13.2 Å². The molecular formula is C21H25NO4. The molecular weight excluding hydrogens is 330 g/mol. The van der Waals surface area contributed by atoms with Crippen LogP contribution in [0, 0.1) is 13.8 Å². The van der Waals surface area contributed by atoms with Gasteiger partial charge in [0.15, 0.2) is 17.6 Å². The first-order valence-corrected chi connectivity index (χ1v) is 8.87. The third-order valence-electron chi connectivity index (χ3n) is 4.30. The highest BCUT2D eigenvalue weighted by molar-refractivity contribution is 5.81. The quantitative estimate of drug-likeness (QED) is 0.888. The van der Waals surface area contributed by atoms with E-state index in [2.05, 4.69) is 11.4 Å². The van der Waals surface area contributed by atoms with Crippen molar-refractivity contribution in [2.24, 2.45) is 0 Å². The monoisotopic (exact) mass is 355 g/mol. The molecule has 0 spiro atoms. The van der Waals surface area contributed by atoms with Crippen LogP contribution in [-0.4, -0.2) is 25.2 Å². The number of carbonyl (C=O) groups is 1. The average molecular weight is 355 g/mol. The summed E-state index contributed by atoms with van der Waals surface area (Å²) in [5.41, 5.74) is 3.18. The van der Waals surface area contributed by atoms with Gasteiger partial charge < -0.3 is 19.5 Å². The summed E-state index contributed by atoms with van der Waals surface area (Å²) < 4.78 is 16.9. The van der Waals surface area contributed by atoms with Gasteiger partial charge in [-0.25, -0.2) is 0 Å². The summed E-state index contributed by atoms with van der Waals surface area (Å²) in [7, 11) is 0. The number of fused-ring (bicyclic) bond motifs is 1. The number of amides is 1. The normalized spacial score (nSPS) is 15.1. The molecule has 1 aliphatic rings. The van der Waals surface area contributed by atoms with Gasteiger partial charge in [0, 0.05) is 0 Å². The number of rotatable bonds is 5. The highest BCUT2D eigenvalue weighted by Gasteiger charge is 2.20. The van der Waals surface area contributed by atoms with Crippen molar-refractivity contribution in [1.82, 2.24) is 5.32 Å². The molecule has 26 heavy (non-hydrogen) atoms. The summed E-state index contributed by atoms with van der Waals surface area (Å²) in [6.45, 7) is 8.81. The lowest BCUT2D eigenvalue weighted by Gasteiger charge is -2.22. The van der Waals surface area contributed by atoms with Gasteiger partial charge in [0.1, 0.15) is 19.0 Å². The molecule has 0 bridgehead atoms. The molecule has 0 fully saturated rings. The first-order chi connectivity index (χ1) is 12.4. The SMILES string of the molecule is Cc1cc(C)cc(OC(C)C(=O)NC(C)c2ccc3c(c2)OCCO3)c1. The van der Waals surface area contributed by atoms with Gasteiger partial charge in [-0.05, 0) is 68.7 Å². The van der Waals surface area contributed by atoms with Gasteiger partial charge in [-0.15, -0.1) is 0 Å². The van der Waals surface area contributed by atoms with Crippen LogP contribution in [0.4, 0.5) is 0 Å². The van der Waals surface area contributed by atoms with Crippen LogP contribution in [-0.2, 0) is 4.79 Å². The van der Waals surface area contributed by atoms with E-state index in [9.17, 15) is 4.79 Å². The smallest absolute Gasteiger partial charge is 0.261 e. The Labute approximate surface area is 154 Å². The van der Waals surface area contributed by atoms with Crippen molar-refractivity contribution in [3.05, 3.63) is 53.1 Å². The molecule has 5 nitrogen and oxygen atoms in total. The Kier molecular flexibility index (Phi) is 5.35. The van der Waals surface area contributed by atoms with E-state index in [0.717, 1.165) is 28.2 Å². The predicted molar refractivity (Wildman–Crippen MR) is 100.0 cm³/mol. The van der Waals surface area contributed by atoms with Gasteiger partial charge in [-0.2, -0.15) is 0 Å². The Morgan fingerprint density at radius 3 is 2.35 bits per heavy atom. The number of aryl methyl sites for hydroxylation is 2. The van der Waals surface area contributed by atoms with Crippen LogP contribution in [0.5, 0.6) is 17.2 Å². The topological polar surface area (TPSA) is 56.8 Å². The van der Waals surface area contributed by atoms with E-state index in [1.165, 1.54) is 0 Å². The lowest BCUT2D eigenvalue weighted by atomic mass is 10.1. The number of carbonyl (C=O) groups excluding carboxylic acids is 1. The Bertz CT molecular complexity index is 782. The average Bonchev–Trinajstić information content (AvgIpc) is 2.60. The van der Waals surface area contributed by atoms with Gasteiger partial charge in [0.2, 0.25) is 0 Å². The maximum atomic E-state index is 12.5. The van der Waals surface area contributed by atoms with Crippen LogP contribution in [0.25, 0.3) is 0 Å². The van der Waals surface area contributed by atoms with Gasteiger partial charge in [-0.3, -0.25) is 4.79 Å². The molecule has 138 valence electrons. The molecule has 1 amide bonds. The van der Waals surface area contributed by atoms with Crippen molar-refractivity contribution in [2.45, 2.75) is 39.8 Å². The highest BCUT2D eigenvalue weighted by Crippen LogP contribution is 2.32. The summed E-state index contributed by atoms with van der Waals surface area (Å²) >= 11 is 0. The fourth-order valence-corrected chi connectivity index (χ4v) is 3.00. The molecule has 1 aliphatic heterocycles. The molecule has 3 rings (SSSR count). The molecule has 2 unspecified atom stereocenters. The second kappa shape index (κ2) is 7.68. The molecule has 2 aromatic carbocycles. The Morgan fingerprint density at radius 2 is 1.65 bits per heavy atom. The lowest BCUT2D eigenvalue weighted by molar-refractivity contribution is -0.127. The minimum absolute atomic E-state index is 0.161. The molecule has 0 aromatic heterocycles. The van der Waals surface area contributed by atoms with Gasteiger partial charge in [-0.1, -0.05) is 12.1 Å². The van der Waals surface area contributed by atoms with E-state index in [4.69, 9.17) is 14.2 Å². The van der Waals surface area contributed by atoms with Gasteiger partial charge in [0.05, 0.1) is 6.04 Å². The molecule has 0 saturated heterocycles. The number of hydrogen-bond acceptors (Lipinski definition) is 4. The van der Waals surface area contributed by atoms with Crippen LogP contribution in [0.1, 0.15) is 36.6 Å². The largest absolute Gasteiger partial charge is 0.486 e. The molecule has 0 radical (unpaired) electrons. The first-order valence-electron chi connectivity index (χ1n) is 8.87. The van der Waals surface area contributed by atoms with E-state index >= 15 is 0 Å². The molecule has 2 aromatic rings. The van der Waals surface area contributed by atoms with Crippen LogP contribution in [0.15, 0.2) is 36.4 Å². The van der Waals surface area contributed by atoms with E-state index in [1.54, 1.807) is 6.92 Å². The van der Waals surface area contributed by atoms with Crippen molar-refractivity contribution in [3.63, 3.8) is 0 Å². The predicted octanol–water partition coefficient (Wildman–Crippen LogP) is 3.72. The number of nitrogens with one attached hydrogen (secondary N) is 1.